The Morgan fingerprint density at radius 3 is 2.33 bits per heavy atom. The molecule has 0 N–H and O–H groups in total. The molecule has 2 aromatic rings. The van der Waals surface area contributed by atoms with Crippen molar-refractivity contribution in [2.45, 2.75) is 17.7 Å². The van der Waals surface area contributed by atoms with Crippen molar-refractivity contribution in [3.63, 3.8) is 0 Å². The number of hydrogen-bond donors (Lipinski definition) is 0. The monoisotopic (exact) mass is 408 g/mol. The number of hydrogen-bond acceptors (Lipinski definition) is 5. The van der Waals surface area contributed by atoms with Gasteiger partial charge in [-0.2, -0.15) is 4.31 Å². The Hall–Kier alpha value is -2.29. The third-order valence-corrected chi connectivity index (χ3v) is 6.80. The number of nitrogens with zero attached hydrogens (tertiary/aromatic N) is 2. The summed E-state index contributed by atoms with van der Waals surface area (Å²) in [6.07, 6.45) is 0.739. The molecule has 9 heteroatoms. The van der Waals surface area contributed by atoms with Crippen molar-refractivity contribution in [2.75, 3.05) is 13.1 Å². The van der Waals surface area contributed by atoms with Gasteiger partial charge in [0, 0.05) is 35.7 Å². The molecule has 0 unspecified atom stereocenters. The predicted octanol–water partition coefficient (Wildman–Crippen LogP) is 3.53. The molecule has 2 aromatic carbocycles. The lowest BCUT2D eigenvalue weighted by molar-refractivity contribution is -0.387. The summed E-state index contributed by atoms with van der Waals surface area (Å²) >= 11 is 5.76. The maximum Gasteiger partial charge on any atom is 0.290 e. The number of nitro groups is 1. The normalized spacial score (nSPS) is 16.2. The van der Waals surface area contributed by atoms with Crippen LogP contribution < -0.4 is 0 Å². The number of piperidine rings is 1. The van der Waals surface area contributed by atoms with E-state index in [0.29, 0.717) is 18.4 Å². The third-order valence-electron chi connectivity index (χ3n) is 4.62. The van der Waals surface area contributed by atoms with Gasteiger partial charge in [-0.25, -0.2) is 8.42 Å². The fraction of sp³-hybridized carbons (Fsp3) is 0.278. The zero-order valence-corrected chi connectivity index (χ0v) is 15.8. The summed E-state index contributed by atoms with van der Waals surface area (Å²) in [4.78, 5) is 22.6. The summed E-state index contributed by atoms with van der Waals surface area (Å²) in [5.74, 6) is -0.274. The molecule has 1 saturated heterocycles. The van der Waals surface area contributed by atoms with E-state index in [9.17, 15) is 23.3 Å². The second kappa shape index (κ2) is 7.75. The lowest BCUT2D eigenvalue weighted by Gasteiger charge is -2.30. The molecular weight excluding hydrogens is 392 g/mol. The number of ketones is 1. The number of nitro benzene ring substituents is 1. The Kier molecular flexibility index (Phi) is 5.59. The Morgan fingerprint density at radius 2 is 1.74 bits per heavy atom. The molecule has 1 aliphatic heterocycles. The van der Waals surface area contributed by atoms with Crippen LogP contribution in [0.25, 0.3) is 0 Å². The molecule has 0 atom stereocenters. The summed E-state index contributed by atoms with van der Waals surface area (Å²) in [6, 6.07) is 12.4. The van der Waals surface area contributed by atoms with Gasteiger partial charge in [0.15, 0.2) is 10.7 Å². The van der Waals surface area contributed by atoms with Gasteiger partial charge in [0.2, 0.25) is 10.0 Å². The molecule has 7 nitrogen and oxygen atoms in total. The Morgan fingerprint density at radius 1 is 1.11 bits per heavy atom. The van der Waals surface area contributed by atoms with E-state index in [1.54, 1.807) is 24.3 Å². The lowest BCUT2D eigenvalue weighted by Crippen LogP contribution is -2.40. The van der Waals surface area contributed by atoms with E-state index in [-0.39, 0.29) is 34.7 Å². The quantitative estimate of drug-likeness (QED) is 0.428. The van der Waals surface area contributed by atoms with Crippen molar-refractivity contribution in [2.24, 2.45) is 5.92 Å². The fourth-order valence-electron chi connectivity index (χ4n) is 3.19. The van der Waals surface area contributed by atoms with E-state index in [4.69, 9.17) is 11.6 Å². The van der Waals surface area contributed by atoms with Crippen LogP contribution in [0.5, 0.6) is 0 Å². The molecule has 3 rings (SSSR count). The average molecular weight is 409 g/mol. The highest BCUT2D eigenvalue weighted by Crippen LogP contribution is 2.32. The standard InChI is InChI=1S/C18H17ClN2O5S/c19-15-6-7-17(16(12-15)21(23)24)27(25,26)20-10-8-14(9-11-20)18(22)13-4-2-1-3-5-13/h1-7,12,14H,8-11H2. The highest BCUT2D eigenvalue weighted by molar-refractivity contribution is 7.89. The SMILES string of the molecule is O=C(c1ccccc1)C1CCN(S(=O)(=O)c2ccc(Cl)cc2[N+](=O)[O-])CC1. The molecule has 1 heterocycles. The first-order chi connectivity index (χ1) is 12.8. The van der Waals surface area contributed by atoms with Crippen molar-refractivity contribution in [1.82, 2.24) is 4.31 Å². The molecule has 27 heavy (non-hydrogen) atoms. The van der Waals surface area contributed by atoms with Crippen molar-refractivity contribution >= 4 is 33.1 Å². The summed E-state index contributed by atoms with van der Waals surface area (Å²) in [7, 11) is -4.05. The number of Topliss-reactive ketones (excluding diaryl/α,β-unsaturated/α-hetero) is 1. The minimum absolute atomic E-state index is 0.00915. The third kappa shape index (κ3) is 4.02. The first-order valence-electron chi connectivity index (χ1n) is 8.34. The van der Waals surface area contributed by atoms with Crippen LogP contribution in [0, 0.1) is 16.0 Å². The number of rotatable bonds is 5. The van der Waals surface area contributed by atoms with Gasteiger partial charge in [-0.05, 0) is 25.0 Å². The minimum Gasteiger partial charge on any atom is -0.294 e. The second-order valence-corrected chi connectivity index (χ2v) is 8.62. The number of halogens is 1. The molecule has 0 aliphatic carbocycles. The van der Waals surface area contributed by atoms with Gasteiger partial charge in [-0.3, -0.25) is 14.9 Å². The van der Waals surface area contributed by atoms with Gasteiger partial charge in [0.25, 0.3) is 5.69 Å². The van der Waals surface area contributed by atoms with Crippen LogP contribution in [0.3, 0.4) is 0 Å². The van der Waals surface area contributed by atoms with Crippen molar-refractivity contribution in [1.29, 1.82) is 0 Å². The topological polar surface area (TPSA) is 97.6 Å². The van der Waals surface area contributed by atoms with Gasteiger partial charge >= 0.3 is 0 Å². The van der Waals surface area contributed by atoms with Crippen molar-refractivity contribution < 1.29 is 18.1 Å². The Bertz CT molecular complexity index is 971. The average Bonchev–Trinajstić information content (AvgIpc) is 2.68. The van der Waals surface area contributed by atoms with Gasteiger partial charge in [0.05, 0.1) is 4.92 Å². The van der Waals surface area contributed by atoms with Crippen LogP contribution in [0.15, 0.2) is 53.4 Å². The van der Waals surface area contributed by atoms with Crippen LogP contribution in [0.2, 0.25) is 5.02 Å². The van der Waals surface area contributed by atoms with E-state index in [2.05, 4.69) is 0 Å². The van der Waals surface area contributed by atoms with E-state index < -0.39 is 20.6 Å². The van der Waals surface area contributed by atoms with E-state index >= 15 is 0 Å². The van der Waals surface area contributed by atoms with Crippen molar-refractivity contribution in [3.8, 4) is 0 Å². The molecule has 1 aliphatic rings. The molecule has 0 bridgehead atoms. The molecule has 1 fully saturated rings. The second-order valence-electron chi connectivity index (χ2n) is 6.28. The van der Waals surface area contributed by atoms with Crippen LogP contribution in [0.1, 0.15) is 23.2 Å². The molecular formula is C18H17ClN2O5S. The summed E-state index contributed by atoms with van der Waals surface area (Å²) in [6.45, 7) is 0.261. The predicted molar refractivity (Wildman–Crippen MR) is 100 cm³/mol. The van der Waals surface area contributed by atoms with Crippen molar-refractivity contribution in [3.05, 3.63) is 69.2 Å². The molecule has 0 saturated carbocycles. The number of carbonyl (C=O) groups excluding carboxylic acids is 1. The molecule has 0 aromatic heterocycles. The summed E-state index contributed by atoms with van der Waals surface area (Å²) in [5, 5.41) is 11.3. The van der Waals surface area contributed by atoms with E-state index in [1.165, 1.54) is 10.4 Å². The zero-order chi connectivity index (χ0) is 19.6. The van der Waals surface area contributed by atoms with Gasteiger partial charge in [0.1, 0.15) is 0 Å². The summed E-state index contributed by atoms with van der Waals surface area (Å²) in [5.41, 5.74) is 0.0529. The van der Waals surface area contributed by atoms with Gasteiger partial charge in [-0.1, -0.05) is 41.9 Å². The maximum absolute atomic E-state index is 12.9. The van der Waals surface area contributed by atoms with E-state index in [0.717, 1.165) is 12.1 Å². The van der Waals surface area contributed by atoms with Crippen LogP contribution in [0.4, 0.5) is 5.69 Å². The molecule has 142 valence electrons. The van der Waals surface area contributed by atoms with Gasteiger partial charge < -0.3 is 0 Å². The summed E-state index contributed by atoms with van der Waals surface area (Å²) < 4.78 is 26.9. The molecule has 0 radical (unpaired) electrons. The highest BCUT2D eigenvalue weighted by atomic mass is 35.5. The van der Waals surface area contributed by atoms with Gasteiger partial charge in [-0.15, -0.1) is 0 Å². The first kappa shape index (κ1) is 19.5. The maximum atomic E-state index is 12.9. The minimum atomic E-state index is -4.05. The van der Waals surface area contributed by atoms with Crippen LogP contribution in [-0.4, -0.2) is 36.5 Å². The largest absolute Gasteiger partial charge is 0.294 e. The van der Waals surface area contributed by atoms with Crippen LogP contribution >= 0.6 is 11.6 Å². The van der Waals surface area contributed by atoms with E-state index in [1.807, 2.05) is 6.07 Å². The Labute approximate surface area is 161 Å². The lowest BCUT2D eigenvalue weighted by atomic mass is 9.90. The number of benzene rings is 2. The zero-order valence-electron chi connectivity index (χ0n) is 14.2. The smallest absolute Gasteiger partial charge is 0.290 e. The van der Waals surface area contributed by atoms with Crippen LogP contribution in [-0.2, 0) is 10.0 Å². The number of carbonyl (C=O) groups is 1. The molecule has 0 spiro atoms. The molecule has 0 amide bonds. The fourth-order valence-corrected chi connectivity index (χ4v) is 4.96. The number of sulfonamides is 1. The first-order valence-corrected chi connectivity index (χ1v) is 10.2. The highest BCUT2D eigenvalue weighted by Gasteiger charge is 2.36. The Balaban J connectivity index is 1.78.